The Balaban J connectivity index is 1.34. The third-order valence-corrected chi connectivity index (χ3v) is 11.2. The third-order valence-electron chi connectivity index (χ3n) is 10.7. The largest absolute Gasteiger partial charge is 0.508 e. The number of rotatable bonds is 5. The molecule has 4 aliphatic rings. The number of imide groups is 2. The van der Waals surface area contributed by atoms with Crippen LogP contribution < -0.4 is 10.3 Å². The van der Waals surface area contributed by atoms with E-state index in [1.54, 1.807) is 42.5 Å². The van der Waals surface area contributed by atoms with Crippen LogP contribution >= 0.6 is 15.9 Å². The molecule has 2 aliphatic carbocycles. The van der Waals surface area contributed by atoms with E-state index < -0.39 is 46.8 Å². The highest BCUT2D eigenvalue weighted by molar-refractivity contribution is 9.10. The first-order valence-electron chi connectivity index (χ1n) is 16.1. The molecule has 0 bridgehead atoms. The fourth-order valence-corrected chi connectivity index (χ4v) is 9.06. The van der Waals surface area contributed by atoms with E-state index in [0.717, 1.165) is 16.1 Å². The van der Waals surface area contributed by atoms with E-state index in [4.69, 9.17) is 0 Å². The van der Waals surface area contributed by atoms with Crippen LogP contribution in [0.15, 0.2) is 119 Å². The van der Waals surface area contributed by atoms with Crippen LogP contribution in [0.25, 0.3) is 0 Å². The van der Waals surface area contributed by atoms with Crippen molar-refractivity contribution < 1.29 is 24.3 Å². The summed E-state index contributed by atoms with van der Waals surface area (Å²) in [6.45, 7) is 1.96. The zero-order valence-corrected chi connectivity index (χ0v) is 27.6. The van der Waals surface area contributed by atoms with Crippen molar-refractivity contribution in [3.05, 3.63) is 136 Å². The number of allylic oxidation sites excluding steroid dienone is 2. The monoisotopic (exact) mass is 701 g/mol. The predicted molar refractivity (Wildman–Crippen MR) is 184 cm³/mol. The number of nitrogens with one attached hydrogen (secondary N) is 1. The van der Waals surface area contributed by atoms with Gasteiger partial charge in [-0.3, -0.25) is 29.5 Å². The summed E-state index contributed by atoms with van der Waals surface area (Å²) < 4.78 is 0.695. The van der Waals surface area contributed by atoms with Crippen molar-refractivity contribution in [1.82, 2.24) is 5.01 Å². The van der Waals surface area contributed by atoms with Crippen LogP contribution in [0.2, 0.25) is 0 Å². The maximum Gasteiger partial charge on any atom is 0.260 e. The number of anilines is 2. The van der Waals surface area contributed by atoms with E-state index in [9.17, 15) is 19.5 Å². The van der Waals surface area contributed by atoms with Crippen molar-refractivity contribution in [3.8, 4) is 5.75 Å². The number of amides is 4. The minimum Gasteiger partial charge on any atom is -0.508 e. The Bertz CT molecular complexity index is 2010. The predicted octanol–water partition coefficient (Wildman–Crippen LogP) is 6.65. The zero-order chi connectivity index (χ0) is 33.3. The number of hydrogen-bond donors (Lipinski definition) is 2. The number of phenols is 1. The number of nitrogens with zero attached hydrogens (tertiary/aromatic N) is 2. The second kappa shape index (κ2) is 11.3. The maximum atomic E-state index is 15.2. The van der Waals surface area contributed by atoms with Crippen LogP contribution in [0.4, 0.5) is 11.4 Å². The number of carbonyl (C=O) groups is 4. The molecule has 3 fully saturated rings. The van der Waals surface area contributed by atoms with E-state index >= 15 is 4.79 Å². The molecular weight excluding hydrogens is 670 g/mol. The Morgan fingerprint density at radius 2 is 1.50 bits per heavy atom. The number of aryl methyl sites for hydroxylation is 1. The molecule has 8 nitrogen and oxygen atoms in total. The Kier molecular flexibility index (Phi) is 7.14. The topological polar surface area (TPSA) is 107 Å². The number of fused-ring (bicyclic) bond motifs is 4. The molecule has 2 heterocycles. The fourth-order valence-electron chi connectivity index (χ4n) is 8.68. The van der Waals surface area contributed by atoms with Crippen molar-refractivity contribution in [2.75, 3.05) is 10.3 Å². The first-order chi connectivity index (χ1) is 23.2. The summed E-state index contributed by atoms with van der Waals surface area (Å²) in [7, 11) is 0. The number of hydrogen-bond acceptors (Lipinski definition) is 6. The lowest BCUT2D eigenvalue weighted by molar-refractivity contribution is -0.138. The minimum absolute atomic E-state index is 0.0224. The summed E-state index contributed by atoms with van der Waals surface area (Å²) in [6.07, 6.45) is 2.48. The van der Waals surface area contributed by atoms with Gasteiger partial charge in [0.05, 0.1) is 34.5 Å². The second-order valence-corrected chi connectivity index (χ2v) is 14.1. The first-order valence-corrected chi connectivity index (χ1v) is 16.9. The molecular formula is C39H32BrN3O5. The van der Waals surface area contributed by atoms with Crippen LogP contribution in [0, 0.1) is 30.6 Å². The second-order valence-electron chi connectivity index (χ2n) is 13.1. The lowest BCUT2D eigenvalue weighted by Gasteiger charge is -2.50. The number of carbonyl (C=O) groups excluding carboxylic acids is 4. The lowest BCUT2D eigenvalue weighted by atomic mass is 9.49. The van der Waals surface area contributed by atoms with E-state index in [1.807, 2.05) is 73.7 Å². The highest BCUT2D eigenvalue weighted by Crippen LogP contribution is 2.65. The SMILES string of the molecule is Cc1ccc(NN2C(=O)C3CC4C(=CCC5C(=O)N(c6ccccc6)C(=O)C54)C(c4cc(Br)ccc4O)C3(c3ccccc3)C2=O)cc1. The molecule has 0 spiro atoms. The van der Waals surface area contributed by atoms with Gasteiger partial charge >= 0.3 is 0 Å². The smallest absolute Gasteiger partial charge is 0.260 e. The number of phenolic OH excluding ortho intramolecular Hbond substituents is 1. The van der Waals surface area contributed by atoms with Gasteiger partial charge in [-0.25, -0.2) is 0 Å². The number of aromatic hydroxyl groups is 1. The molecule has 8 rings (SSSR count). The molecule has 9 heteroatoms. The third kappa shape index (κ3) is 4.33. The van der Waals surface area contributed by atoms with E-state index in [1.165, 1.54) is 4.90 Å². The Labute approximate surface area is 286 Å². The number of halogens is 1. The Morgan fingerprint density at radius 1 is 0.812 bits per heavy atom. The van der Waals surface area contributed by atoms with E-state index in [0.29, 0.717) is 33.4 Å². The summed E-state index contributed by atoms with van der Waals surface area (Å²) in [5.74, 6) is -4.97. The Hall–Kier alpha value is -5.02. The molecule has 4 amide bonds. The number of hydrazine groups is 1. The van der Waals surface area contributed by atoms with Crippen LogP contribution in [0.3, 0.4) is 0 Å². The van der Waals surface area contributed by atoms with Gasteiger partial charge in [-0.2, -0.15) is 5.01 Å². The van der Waals surface area contributed by atoms with E-state index in [-0.39, 0.29) is 24.0 Å². The Morgan fingerprint density at radius 3 is 2.21 bits per heavy atom. The summed E-state index contributed by atoms with van der Waals surface area (Å²) in [4.78, 5) is 59.4. The van der Waals surface area contributed by atoms with Gasteiger partial charge < -0.3 is 5.11 Å². The molecule has 2 aliphatic heterocycles. The average Bonchev–Trinajstić information content (AvgIpc) is 3.48. The van der Waals surface area contributed by atoms with Gasteiger partial charge in [0.1, 0.15) is 5.75 Å². The molecule has 240 valence electrons. The molecule has 0 radical (unpaired) electrons. The van der Waals surface area contributed by atoms with Crippen molar-refractivity contribution in [3.63, 3.8) is 0 Å². The molecule has 0 aromatic heterocycles. The molecule has 4 aromatic carbocycles. The van der Waals surface area contributed by atoms with Crippen molar-refractivity contribution in [2.24, 2.45) is 23.7 Å². The maximum absolute atomic E-state index is 15.2. The van der Waals surface area contributed by atoms with E-state index in [2.05, 4.69) is 21.4 Å². The summed E-state index contributed by atoms with van der Waals surface area (Å²) in [6, 6.07) is 30.7. The first kappa shape index (κ1) is 30.3. The molecule has 1 saturated carbocycles. The minimum atomic E-state index is -1.45. The number of benzene rings is 4. The van der Waals surface area contributed by atoms with Crippen molar-refractivity contribution in [2.45, 2.75) is 31.1 Å². The van der Waals surface area contributed by atoms with Crippen LogP contribution in [0.5, 0.6) is 5.75 Å². The molecule has 6 atom stereocenters. The molecule has 4 aromatic rings. The molecule has 6 unspecified atom stereocenters. The van der Waals surface area contributed by atoms with Gasteiger partial charge in [-0.15, -0.1) is 0 Å². The van der Waals surface area contributed by atoms with Gasteiger partial charge in [0, 0.05) is 16.0 Å². The number of para-hydroxylation sites is 1. The quantitative estimate of drug-likeness (QED) is 0.178. The van der Waals surface area contributed by atoms with Gasteiger partial charge in [0.15, 0.2) is 0 Å². The van der Waals surface area contributed by atoms with Gasteiger partial charge in [-0.05, 0) is 73.7 Å². The molecule has 48 heavy (non-hydrogen) atoms. The zero-order valence-electron chi connectivity index (χ0n) is 26.0. The summed E-state index contributed by atoms with van der Waals surface area (Å²) in [5.41, 5.74) is 5.69. The van der Waals surface area contributed by atoms with Crippen LogP contribution in [-0.2, 0) is 24.6 Å². The highest BCUT2D eigenvalue weighted by Gasteiger charge is 2.70. The average molecular weight is 703 g/mol. The molecule has 2 N–H and O–H groups in total. The van der Waals surface area contributed by atoms with Gasteiger partial charge in [0.25, 0.3) is 11.8 Å². The standard InChI is InChI=1S/C39H32BrN3O5/c1-22-12-15-25(16-13-22)41-43-36(46)31-21-29-27(17-18-28-33(29)37(47)42(35(28)45)26-10-6-3-7-11-26)34(30-20-24(40)14-19-32(30)44)39(31,38(43)48)23-8-4-2-5-9-23/h2-17,19-20,28-29,31,33-34,41,44H,18,21H2,1H3. The fraction of sp³-hybridized carbons (Fsp3) is 0.231. The summed E-state index contributed by atoms with van der Waals surface area (Å²) in [5, 5.41) is 12.6. The van der Waals surface area contributed by atoms with Crippen LogP contribution in [-0.4, -0.2) is 33.7 Å². The summed E-state index contributed by atoms with van der Waals surface area (Å²) >= 11 is 3.57. The van der Waals surface area contributed by atoms with Crippen LogP contribution in [0.1, 0.15) is 35.4 Å². The molecule has 2 saturated heterocycles. The van der Waals surface area contributed by atoms with Gasteiger partial charge in [-0.1, -0.05) is 93.8 Å². The van der Waals surface area contributed by atoms with Crippen molar-refractivity contribution in [1.29, 1.82) is 0 Å². The highest BCUT2D eigenvalue weighted by atomic mass is 79.9. The van der Waals surface area contributed by atoms with Gasteiger partial charge in [0.2, 0.25) is 11.8 Å². The normalized spacial score (nSPS) is 27.8. The lowest BCUT2D eigenvalue weighted by Crippen LogP contribution is -2.53. The van der Waals surface area contributed by atoms with Crippen molar-refractivity contribution >= 4 is 50.9 Å².